The Balaban J connectivity index is 0.00000481. The first-order valence-corrected chi connectivity index (χ1v) is 13.1. The van der Waals surface area contributed by atoms with Gasteiger partial charge in [-0.15, -0.1) is 0 Å². The fourth-order valence-electron chi connectivity index (χ4n) is 4.85. The van der Waals surface area contributed by atoms with Crippen LogP contribution in [-0.2, 0) is 30.5 Å². The number of benzene rings is 3. The highest BCUT2D eigenvalue weighted by Gasteiger charge is 2.57. The molecule has 0 aliphatic rings. The van der Waals surface area contributed by atoms with Gasteiger partial charge in [0.1, 0.15) is 5.41 Å². The van der Waals surface area contributed by atoms with E-state index < -0.39 is 38.8 Å². The second-order valence-corrected chi connectivity index (χ2v) is 10.5. The summed E-state index contributed by atoms with van der Waals surface area (Å²) in [6.45, 7) is 1.86. The van der Waals surface area contributed by atoms with Gasteiger partial charge in [-0.05, 0) is 30.0 Å². The fourth-order valence-corrected chi connectivity index (χ4v) is 5.06. The lowest BCUT2D eigenvalue weighted by Gasteiger charge is -2.48. The Bertz CT molecular complexity index is 1210. The summed E-state index contributed by atoms with van der Waals surface area (Å²) >= 11 is 0. The van der Waals surface area contributed by atoms with E-state index in [0.29, 0.717) is 18.4 Å². The minimum absolute atomic E-state index is 0. The van der Waals surface area contributed by atoms with Crippen LogP contribution in [0.25, 0.3) is 0 Å². The smallest absolute Gasteiger partial charge is 0.402 e. The normalized spacial score (nSPS) is 13.8. The molecule has 0 bridgehead atoms. The molecule has 5 nitrogen and oxygen atoms in total. The van der Waals surface area contributed by atoms with Crippen LogP contribution in [0, 0.1) is 0 Å². The number of ether oxygens (including phenoxy) is 1. The Labute approximate surface area is 224 Å². The highest BCUT2D eigenvalue weighted by Crippen LogP contribution is 2.53. The van der Waals surface area contributed by atoms with E-state index in [1.807, 2.05) is 67.6 Å². The van der Waals surface area contributed by atoms with Crippen molar-refractivity contribution in [1.29, 1.82) is 0 Å². The van der Waals surface area contributed by atoms with Gasteiger partial charge in [0.05, 0.1) is 0 Å². The van der Waals surface area contributed by atoms with Crippen molar-refractivity contribution < 1.29 is 31.3 Å². The molecule has 3 aromatic rings. The number of esters is 1. The summed E-state index contributed by atoms with van der Waals surface area (Å²) < 4.78 is 64.6. The Morgan fingerprint density at radius 1 is 0.838 bits per heavy atom. The van der Waals surface area contributed by atoms with Crippen molar-refractivity contribution in [2.24, 2.45) is 0 Å². The third-order valence-electron chi connectivity index (χ3n) is 6.80. The number of hydrogen-bond acceptors (Lipinski definition) is 4. The van der Waals surface area contributed by atoms with Crippen molar-refractivity contribution in [3.63, 3.8) is 0 Å². The minimum atomic E-state index is -5.77. The van der Waals surface area contributed by atoms with Crippen LogP contribution in [0.3, 0.4) is 0 Å². The zero-order valence-electron chi connectivity index (χ0n) is 20.7. The van der Waals surface area contributed by atoms with Gasteiger partial charge < -0.3 is 4.74 Å². The molecule has 0 saturated carbocycles. The molecule has 0 aliphatic heterocycles. The van der Waals surface area contributed by atoms with Crippen LogP contribution in [-0.4, -0.2) is 30.8 Å². The first kappa shape index (κ1) is 30.5. The molecular formula is C28H32F2O5S2. The van der Waals surface area contributed by atoms with Crippen molar-refractivity contribution in [3.8, 4) is 0 Å². The maximum Gasteiger partial charge on any atom is 0.402 e. The largest absolute Gasteiger partial charge is 0.457 e. The Kier molecular flexibility index (Phi) is 10.0. The summed E-state index contributed by atoms with van der Waals surface area (Å²) in [4.78, 5) is 14.0. The van der Waals surface area contributed by atoms with Gasteiger partial charge >= 0.3 is 21.3 Å². The topological polar surface area (TPSA) is 80.7 Å². The zero-order chi connectivity index (χ0) is 26.5. The summed E-state index contributed by atoms with van der Waals surface area (Å²) in [5.41, 5.74) is -0.517. The molecule has 0 fully saturated rings. The molecule has 0 amide bonds. The van der Waals surface area contributed by atoms with Crippen LogP contribution >= 0.6 is 13.5 Å². The molecule has 0 saturated heterocycles. The van der Waals surface area contributed by atoms with E-state index in [1.54, 1.807) is 37.3 Å². The van der Waals surface area contributed by atoms with E-state index in [2.05, 4.69) is 0 Å². The van der Waals surface area contributed by atoms with E-state index in [0.717, 1.165) is 17.5 Å². The Morgan fingerprint density at radius 2 is 1.24 bits per heavy atom. The molecule has 9 heteroatoms. The second kappa shape index (κ2) is 12.2. The molecule has 0 heterocycles. The van der Waals surface area contributed by atoms with E-state index in [9.17, 15) is 22.0 Å². The molecule has 3 aromatic carbocycles. The molecule has 0 aliphatic carbocycles. The Hall–Kier alpha value is -2.75. The number of alkyl halides is 2. The quantitative estimate of drug-likeness (QED) is 0.225. The average molecular weight is 551 g/mol. The molecule has 37 heavy (non-hydrogen) atoms. The number of halogens is 2. The van der Waals surface area contributed by atoms with Crippen LogP contribution < -0.4 is 0 Å². The number of hydrogen-bond donors (Lipinski definition) is 1. The van der Waals surface area contributed by atoms with Gasteiger partial charge in [0.15, 0.2) is 6.61 Å². The maximum absolute atomic E-state index is 14.1. The molecular weight excluding hydrogens is 518 g/mol. The monoisotopic (exact) mass is 550 g/mol. The van der Waals surface area contributed by atoms with Gasteiger partial charge in [0.2, 0.25) is 0 Å². The average Bonchev–Trinajstić information content (AvgIpc) is 2.88. The summed E-state index contributed by atoms with van der Waals surface area (Å²) in [6.07, 6.45) is 2.00. The predicted molar refractivity (Wildman–Crippen MR) is 145 cm³/mol. The number of carbonyl (C=O) groups excluding carboxylic acids is 1. The fraction of sp³-hybridized carbons (Fsp3) is 0.321. The standard InChI is InChI=1S/C28H30F2O5S.H2S/c1-3-4-20-27(23-16-10-6-11-17-23,24-18-12-7-13-19-24)26(2,22-14-8-5-9-15-22)25(31)35-21-28(29,30)36(32,33)34;/h5-19H,3-4,20-21H2,1-2H3,(H,32,33,34);1H2. The SMILES string of the molecule is CCCCC(c1ccccc1)(c1ccccc1)C(C)(C(=O)OCC(F)(F)S(=O)(=O)O)c1ccccc1.S. The first-order valence-electron chi connectivity index (χ1n) is 11.7. The second-order valence-electron chi connectivity index (χ2n) is 8.92. The summed E-state index contributed by atoms with van der Waals surface area (Å²) in [5, 5.41) is -4.65. The van der Waals surface area contributed by atoms with Crippen LogP contribution in [0.15, 0.2) is 91.0 Å². The molecule has 0 aromatic heterocycles. The van der Waals surface area contributed by atoms with E-state index in [4.69, 9.17) is 9.29 Å². The summed E-state index contributed by atoms with van der Waals surface area (Å²) in [6, 6.07) is 27.4. The van der Waals surface area contributed by atoms with E-state index >= 15 is 0 Å². The summed E-state index contributed by atoms with van der Waals surface area (Å²) in [5.74, 6) is -1.03. The zero-order valence-corrected chi connectivity index (χ0v) is 22.5. The highest BCUT2D eigenvalue weighted by molar-refractivity contribution is 7.86. The van der Waals surface area contributed by atoms with Gasteiger partial charge in [-0.1, -0.05) is 111 Å². The third-order valence-corrected chi connectivity index (χ3v) is 7.67. The number of carbonyl (C=O) groups is 1. The first-order chi connectivity index (χ1) is 17.0. The Morgan fingerprint density at radius 3 is 1.62 bits per heavy atom. The van der Waals surface area contributed by atoms with Gasteiger partial charge in [-0.25, -0.2) is 0 Å². The van der Waals surface area contributed by atoms with Crippen molar-refractivity contribution in [2.45, 2.75) is 49.2 Å². The number of unbranched alkanes of at least 4 members (excludes halogenated alkanes) is 1. The molecule has 1 N–H and O–H groups in total. The number of rotatable bonds is 11. The highest BCUT2D eigenvalue weighted by atomic mass is 32.2. The molecule has 1 atom stereocenters. The van der Waals surface area contributed by atoms with Crippen molar-refractivity contribution >= 4 is 29.6 Å². The molecule has 0 spiro atoms. The van der Waals surface area contributed by atoms with Gasteiger partial charge in [0, 0.05) is 5.41 Å². The van der Waals surface area contributed by atoms with Gasteiger partial charge in [0.25, 0.3) is 0 Å². The van der Waals surface area contributed by atoms with Crippen LogP contribution in [0.4, 0.5) is 8.78 Å². The van der Waals surface area contributed by atoms with Crippen LogP contribution in [0.2, 0.25) is 0 Å². The summed E-state index contributed by atoms with van der Waals surface area (Å²) in [7, 11) is -5.77. The predicted octanol–water partition coefficient (Wildman–Crippen LogP) is 6.26. The van der Waals surface area contributed by atoms with Crippen LogP contribution in [0.1, 0.15) is 49.8 Å². The van der Waals surface area contributed by atoms with Crippen molar-refractivity contribution in [2.75, 3.05) is 6.61 Å². The lowest BCUT2D eigenvalue weighted by molar-refractivity contribution is -0.159. The molecule has 3 rings (SSSR count). The lowest BCUT2D eigenvalue weighted by atomic mass is 9.53. The van der Waals surface area contributed by atoms with E-state index in [1.165, 1.54) is 0 Å². The van der Waals surface area contributed by atoms with Crippen LogP contribution in [0.5, 0.6) is 0 Å². The van der Waals surface area contributed by atoms with Gasteiger partial charge in [-0.3, -0.25) is 9.35 Å². The molecule has 200 valence electrons. The molecule has 1 unspecified atom stereocenters. The van der Waals surface area contributed by atoms with Crippen molar-refractivity contribution in [3.05, 3.63) is 108 Å². The maximum atomic E-state index is 14.1. The minimum Gasteiger partial charge on any atom is -0.457 e. The van der Waals surface area contributed by atoms with Crippen molar-refractivity contribution in [1.82, 2.24) is 0 Å². The lowest BCUT2D eigenvalue weighted by Crippen LogP contribution is -2.55. The third kappa shape index (κ3) is 5.89. The van der Waals surface area contributed by atoms with E-state index in [-0.39, 0.29) is 13.5 Å². The van der Waals surface area contributed by atoms with Gasteiger partial charge in [-0.2, -0.15) is 30.7 Å². The molecule has 0 radical (unpaired) electrons.